The van der Waals surface area contributed by atoms with Gasteiger partial charge < -0.3 is 67.9 Å². The van der Waals surface area contributed by atoms with Gasteiger partial charge in [0.1, 0.15) is 0 Å². The molecule has 2 nitrogen and oxygen atoms in total. The summed E-state index contributed by atoms with van der Waals surface area (Å²) in [5.41, 5.74) is 5.15. The molecule has 2 radical (unpaired) electrons. The zero-order chi connectivity index (χ0) is 43.8. The van der Waals surface area contributed by atoms with Crippen LogP contribution in [0.2, 0.25) is 0 Å². The van der Waals surface area contributed by atoms with E-state index >= 15 is 0 Å². The molecule has 2 rings (SSSR count). The number of hydrogen-bond donors (Lipinski definition) is 0. The number of nitrogens with zero attached hydrogens (tertiary/aromatic N) is 2. The summed E-state index contributed by atoms with van der Waals surface area (Å²) in [6, 6.07) is 13.4. The minimum absolute atomic E-state index is 0. The Labute approximate surface area is 458 Å². The van der Waals surface area contributed by atoms with Gasteiger partial charge in [-0.3, -0.25) is 9.97 Å². The first-order valence-corrected chi connectivity index (χ1v) is 27.6. The zero-order valence-corrected chi connectivity index (χ0v) is 56.1. The molecule has 0 fully saturated rings. The molecule has 2 aromatic rings. The number of halogens is 6. The Balaban J connectivity index is -0.000000164. The SMILES string of the molecule is CC(C)(C)P(Cc1cccc(CP(C(C)(C)C)C(C)(C)C)n1)C(C)(C)C.CC(C)(C)P(Cc1cccc(CP(C(C)(C)C)C(C)(C)C)n1)C(C)(C)C.ClCCl.[Br-].[Br-].[Br-].[Br-].[Co+2].[Co+2]. The van der Waals surface area contributed by atoms with Crippen molar-refractivity contribution in [3.8, 4) is 0 Å². The standard InChI is InChI=1S/2C23H43NP2.CH2Cl2.4BrH.2Co/c2*1-20(2,3)25(21(4,5)6)16-18-14-13-15-19(24-18)17-26(22(7,8)9)23(10,11)12;2-1-3;;;;;;/h2*13-15H,16-17H2,1-12H3;1H2;4*1H;;/q;;;;;;;2*+2/p-4. The smallest absolute Gasteiger partial charge is 1.00 e. The number of rotatable bonds is 8. The normalized spacial score (nSPS) is 12.6. The van der Waals surface area contributed by atoms with Crippen molar-refractivity contribution in [2.75, 3.05) is 5.34 Å². The molecule has 0 unspecified atom stereocenters. The Morgan fingerprint density at radius 3 is 0.541 bits per heavy atom. The third-order valence-corrected chi connectivity index (χ3v) is 25.0. The summed E-state index contributed by atoms with van der Waals surface area (Å²) in [6.45, 7) is 57.5. The van der Waals surface area contributed by atoms with Crippen LogP contribution < -0.4 is 67.9 Å². The van der Waals surface area contributed by atoms with Gasteiger partial charge in [0.05, 0.1) is 5.34 Å². The Bertz CT molecular complexity index is 1180. The van der Waals surface area contributed by atoms with E-state index in [-0.39, 0.29) is 139 Å². The van der Waals surface area contributed by atoms with Gasteiger partial charge in [-0.1, -0.05) is 210 Å². The summed E-state index contributed by atoms with van der Waals surface area (Å²) >= 11 is 9.53. The van der Waals surface area contributed by atoms with Crippen molar-refractivity contribution < 1.29 is 101 Å². The van der Waals surface area contributed by atoms with Crippen LogP contribution in [-0.4, -0.2) is 56.6 Å². The van der Waals surface area contributed by atoms with Crippen LogP contribution in [0.4, 0.5) is 0 Å². The molecule has 2 aromatic heterocycles. The quantitative estimate of drug-likeness (QED) is 0.243. The molecule has 0 aliphatic rings. The van der Waals surface area contributed by atoms with Crippen molar-refractivity contribution in [3.05, 3.63) is 59.2 Å². The van der Waals surface area contributed by atoms with Crippen molar-refractivity contribution in [2.45, 2.75) is 232 Å². The zero-order valence-electron chi connectivity index (χ0n) is 42.6. The summed E-state index contributed by atoms with van der Waals surface area (Å²) in [6.07, 6.45) is 4.50. The molecule has 0 amide bonds. The van der Waals surface area contributed by atoms with Gasteiger partial charge in [0.15, 0.2) is 0 Å². The Morgan fingerprint density at radius 2 is 0.443 bits per heavy atom. The van der Waals surface area contributed by atoms with Gasteiger partial charge in [-0.05, 0) is 65.5 Å². The summed E-state index contributed by atoms with van der Waals surface area (Å²) < 4.78 is 0. The average Bonchev–Trinajstić information content (AvgIpc) is 2.93. The maximum atomic E-state index is 5.14. The molecule has 0 bridgehead atoms. The predicted molar refractivity (Wildman–Crippen MR) is 266 cm³/mol. The van der Waals surface area contributed by atoms with Crippen molar-refractivity contribution in [3.63, 3.8) is 0 Å². The van der Waals surface area contributed by atoms with E-state index in [1.807, 2.05) is 0 Å². The van der Waals surface area contributed by atoms with Gasteiger partial charge >= 0.3 is 33.6 Å². The summed E-state index contributed by atoms with van der Waals surface area (Å²) in [5, 5.41) is 2.93. The fourth-order valence-corrected chi connectivity index (χ4v) is 21.8. The molecular formula is C47H88Br4Cl2Co2N2P4. The molecule has 0 spiro atoms. The molecule has 0 aliphatic heterocycles. The third-order valence-electron chi connectivity index (χ3n) is 9.49. The van der Waals surface area contributed by atoms with E-state index in [0.717, 1.165) is 24.6 Å². The Morgan fingerprint density at radius 1 is 0.328 bits per heavy atom. The van der Waals surface area contributed by atoms with E-state index in [4.69, 9.17) is 33.2 Å². The average molecular weight is 1310 g/mol. The van der Waals surface area contributed by atoms with Gasteiger partial charge in [-0.15, -0.1) is 23.2 Å². The van der Waals surface area contributed by atoms with E-state index < -0.39 is 0 Å². The molecule has 0 saturated carbocycles. The number of hydrogen-bond acceptors (Lipinski definition) is 2. The monoisotopic (exact) mass is 1310 g/mol. The van der Waals surface area contributed by atoms with Gasteiger partial charge in [0.25, 0.3) is 0 Å². The van der Waals surface area contributed by atoms with Gasteiger partial charge in [-0.25, -0.2) is 0 Å². The second kappa shape index (κ2) is 31.7. The molecule has 0 N–H and O–H groups in total. The molecule has 0 aliphatic carbocycles. The van der Waals surface area contributed by atoms with E-state index in [2.05, 4.69) is 203 Å². The van der Waals surface area contributed by atoms with Gasteiger partial charge in [0, 0.05) is 47.4 Å². The summed E-state index contributed by atoms with van der Waals surface area (Å²) in [5.74, 6) is 0. The van der Waals surface area contributed by atoms with E-state index in [1.165, 1.54) is 22.8 Å². The minimum Gasteiger partial charge on any atom is -1.00 e. The van der Waals surface area contributed by atoms with Gasteiger partial charge in [0.2, 0.25) is 0 Å². The second-order valence-corrected chi connectivity index (χ2v) is 39.3. The fourth-order valence-electron chi connectivity index (χ4n) is 7.98. The Kier molecular flexibility index (Phi) is 40.9. The molecule has 14 heteroatoms. The summed E-state index contributed by atoms with van der Waals surface area (Å²) in [7, 11) is -0.616. The van der Waals surface area contributed by atoms with Crippen molar-refractivity contribution in [2.24, 2.45) is 0 Å². The molecule has 2 heterocycles. The number of pyridine rings is 2. The van der Waals surface area contributed by atoms with Crippen LogP contribution in [-0.2, 0) is 58.2 Å². The minimum atomic E-state index is -0.154. The van der Waals surface area contributed by atoms with E-state index in [0.29, 0.717) is 41.2 Å². The topological polar surface area (TPSA) is 25.8 Å². The largest absolute Gasteiger partial charge is 2.00 e. The molecule has 0 aromatic carbocycles. The van der Waals surface area contributed by atoms with Crippen LogP contribution in [0.15, 0.2) is 36.4 Å². The molecule has 0 atom stereocenters. The molecule has 61 heavy (non-hydrogen) atoms. The van der Waals surface area contributed by atoms with Crippen molar-refractivity contribution in [1.29, 1.82) is 0 Å². The first-order chi connectivity index (χ1) is 24.3. The molecular weight excluding hydrogens is 1220 g/mol. The molecule has 0 saturated heterocycles. The maximum Gasteiger partial charge on any atom is 2.00 e. The van der Waals surface area contributed by atoms with Crippen molar-refractivity contribution >= 4 is 54.9 Å². The van der Waals surface area contributed by atoms with Crippen LogP contribution in [0.5, 0.6) is 0 Å². The third kappa shape index (κ3) is 31.4. The van der Waals surface area contributed by atoms with Crippen LogP contribution in [0, 0.1) is 0 Å². The number of alkyl halides is 2. The van der Waals surface area contributed by atoms with Gasteiger partial charge in [-0.2, -0.15) is 0 Å². The Hall–Kier alpha value is 3.53. The predicted octanol–water partition coefficient (Wildman–Crippen LogP) is 5.91. The second-order valence-electron chi connectivity index (χ2n) is 23.1. The fraction of sp³-hybridized carbons (Fsp3) is 0.787. The van der Waals surface area contributed by atoms with E-state index in [1.54, 1.807) is 0 Å². The van der Waals surface area contributed by atoms with Crippen LogP contribution in [0.25, 0.3) is 0 Å². The van der Waals surface area contributed by atoms with Crippen LogP contribution in [0.3, 0.4) is 0 Å². The van der Waals surface area contributed by atoms with Crippen LogP contribution >= 0.6 is 54.9 Å². The number of aromatic nitrogens is 2. The summed E-state index contributed by atoms with van der Waals surface area (Å²) in [4.78, 5) is 10.3. The molecule has 366 valence electrons. The van der Waals surface area contributed by atoms with E-state index in [9.17, 15) is 0 Å². The van der Waals surface area contributed by atoms with Crippen LogP contribution in [0.1, 0.15) is 189 Å². The first kappa shape index (κ1) is 78.7. The first-order valence-electron chi connectivity index (χ1n) is 20.4. The maximum absolute atomic E-state index is 5.14. The van der Waals surface area contributed by atoms with Crippen molar-refractivity contribution in [1.82, 2.24) is 9.97 Å².